The highest BCUT2D eigenvalue weighted by Crippen LogP contribution is 2.49. The van der Waals surface area contributed by atoms with Gasteiger partial charge in [0, 0.05) is 71.7 Å². The Morgan fingerprint density at radius 3 is 1.77 bits per heavy atom. The Morgan fingerprint density at radius 2 is 1.27 bits per heavy atom. The molecule has 2 N–H and O–H groups in total. The molecule has 2 aliphatic heterocycles. The van der Waals surface area contributed by atoms with Crippen molar-refractivity contribution in [1.29, 1.82) is 0 Å². The number of phosphoric ester groups is 1. The Hall–Kier alpha value is -4.63. The molecule has 2 aliphatic rings. The number of anilines is 2. The first-order valence-electron chi connectivity index (χ1n) is 16.6. The van der Waals surface area contributed by atoms with Crippen molar-refractivity contribution in [2.75, 3.05) is 41.8 Å². The molecule has 0 fully saturated rings. The van der Waals surface area contributed by atoms with Crippen LogP contribution >= 0.6 is 31.0 Å². The van der Waals surface area contributed by atoms with Gasteiger partial charge in [0.1, 0.15) is 11.5 Å². The van der Waals surface area contributed by atoms with Gasteiger partial charge in [0.15, 0.2) is 0 Å². The molecule has 0 bridgehead atoms. The molecule has 266 valence electrons. The zero-order valence-electron chi connectivity index (χ0n) is 28.3. The van der Waals surface area contributed by atoms with E-state index in [0.29, 0.717) is 41.2 Å². The van der Waals surface area contributed by atoms with Crippen molar-refractivity contribution in [3.8, 4) is 11.5 Å². The van der Waals surface area contributed by atoms with E-state index in [1.807, 2.05) is 67.6 Å². The SMILES string of the molecule is COc1cc2c(c3ccccc13)[C@H](CCl)CN2C(=O)/C=C/c1ccc(/C=C/C(=O)N2C[C@@H](CCl)c3c2cc(OP(=O)(O)O)c2ccccc32)cc1C. The van der Waals surface area contributed by atoms with Crippen molar-refractivity contribution in [3.63, 3.8) is 0 Å². The second kappa shape index (κ2) is 14.4. The van der Waals surface area contributed by atoms with Crippen LogP contribution in [0.5, 0.6) is 11.5 Å². The van der Waals surface area contributed by atoms with E-state index >= 15 is 0 Å². The Balaban J connectivity index is 1.11. The van der Waals surface area contributed by atoms with Crippen LogP contribution in [0.3, 0.4) is 0 Å². The number of ether oxygens (including phenoxy) is 1. The van der Waals surface area contributed by atoms with Gasteiger partial charge in [-0.1, -0.05) is 66.7 Å². The average Bonchev–Trinajstić information content (AvgIpc) is 3.71. The highest BCUT2D eigenvalue weighted by atomic mass is 35.5. The lowest BCUT2D eigenvalue weighted by molar-refractivity contribution is -0.114. The number of rotatable bonds is 9. The van der Waals surface area contributed by atoms with E-state index in [1.54, 1.807) is 47.3 Å². The molecule has 0 saturated carbocycles. The van der Waals surface area contributed by atoms with Crippen molar-refractivity contribution >= 4 is 87.9 Å². The maximum atomic E-state index is 13.6. The zero-order chi connectivity index (χ0) is 36.7. The fourth-order valence-electron chi connectivity index (χ4n) is 7.37. The molecule has 0 aromatic heterocycles. The van der Waals surface area contributed by atoms with E-state index < -0.39 is 7.82 Å². The molecule has 0 unspecified atom stereocenters. The van der Waals surface area contributed by atoms with E-state index in [4.69, 9.17) is 32.5 Å². The number of carbonyl (C=O) groups is 2. The van der Waals surface area contributed by atoms with Gasteiger partial charge in [0.05, 0.1) is 18.5 Å². The molecule has 0 aliphatic carbocycles. The predicted octanol–water partition coefficient (Wildman–Crippen LogP) is 8.55. The van der Waals surface area contributed by atoms with Gasteiger partial charge in [0.2, 0.25) is 0 Å². The summed E-state index contributed by atoms with van der Waals surface area (Å²) in [7, 11) is -3.24. The summed E-state index contributed by atoms with van der Waals surface area (Å²) in [5.74, 6) is 0.645. The van der Waals surface area contributed by atoms with Crippen LogP contribution < -0.4 is 19.1 Å². The van der Waals surface area contributed by atoms with Gasteiger partial charge in [-0.25, -0.2) is 4.57 Å². The molecule has 2 heterocycles. The monoisotopic (exact) mass is 756 g/mol. The molecule has 2 atom stereocenters. The Bertz CT molecular complexity index is 2350. The number of benzene rings is 5. The molecule has 0 radical (unpaired) electrons. The fourth-order valence-corrected chi connectivity index (χ4v) is 8.28. The van der Waals surface area contributed by atoms with Gasteiger partial charge in [-0.3, -0.25) is 19.4 Å². The van der Waals surface area contributed by atoms with E-state index in [9.17, 15) is 23.9 Å². The fraction of sp³-hybridized carbons (Fsp3) is 0.200. The first-order valence-corrected chi connectivity index (χ1v) is 19.2. The van der Waals surface area contributed by atoms with Gasteiger partial charge >= 0.3 is 7.82 Å². The maximum absolute atomic E-state index is 13.6. The number of aryl methyl sites for hydroxylation is 1. The van der Waals surface area contributed by atoms with Crippen LogP contribution in [-0.4, -0.2) is 53.6 Å². The minimum Gasteiger partial charge on any atom is -0.496 e. The third kappa shape index (κ3) is 6.71. The summed E-state index contributed by atoms with van der Waals surface area (Å²) in [4.78, 5) is 49.6. The van der Waals surface area contributed by atoms with Gasteiger partial charge in [0.25, 0.3) is 11.8 Å². The Morgan fingerprint density at radius 1 is 0.769 bits per heavy atom. The summed E-state index contributed by atoms with van der Waals surface area (Å²) in [6.07, 6.45) is 6.52. The van der Waals surface area contributed by atoms with Gasteiger partial charge in [-0.2, -0.15) is 0 Å². The Kier molecular flexibility index (Phi) is 9.91. The third-order valence-electron chi connectivity index (χ3n) is 9.72. The van der Waals surface area contributed by atoms with Crippen molar-refractivity contribution in [1.82, 2.24) is 0 Å². The van der Waals surface area contributed by atoms with Crippen LogP contribution in [0.1, 0.15) is 39.7 Å². The van der Waals surface area contributed by atoms with E-state index in [1.165, 1.54) is 12.1 Å². The van der Waals surface area contributed by atoms with Crippen molar-refractivity contribution in [2.24, 2.45) is 0 Å². The van der Waals surface area contributed by atoms with Gasteiger partial charge in [-0.15, -0.1) is 23.2 Å². The molecule has 12 heteroatoms. The number of halogens is 2. The average molecular weight is 758 g/mol. The first kappa shape index (κ1) is 35.8. The summed E-state index contributed by atoms with van der Waals surface area (Å²) in [5.41, 5.74) is 5.71. The second-order valence-electron chi connectivity index (χ2n) is 12.9. The first-order chi connectivity index (χ1) is 25.0. The quantitative estimate of drug-likeness (QED) is 0.0880. The minimum atomic E-state index is -4.87. The predicted molar refractivity (Wildman–Crippen MR) is 208 cm³/mol. The highest BCUT2D eigenvalue weighted by Gasteiger charge is 2.36. The number of methoxy groups -OCH3 is 1. The number of amides is 2. The number of hydrogen-bond acceptors (Lipinski definition) is 5. The Labute approximate surface area is 310 Å². The zero-order valence-corrected chi connectivity index (χ0v) is 30.7. The number of carbonyl (C=O) groups excluding carboxylic acids is 2. The van der Waals surface area contributed by atoms with Crippen molar-refractivity contribution in [3.05, 3.63) is 119 Å². The molecule has 0 saturated heterocycles. The molecule has 2 amide bonds. The molecule has 0 spiro atoms. The largest absolute Gasteiger partial charge is 0.524 e. The van der Waals surface area contributed by atoms with Crippen LogP contribution in [0, 0.1) is 6.92 Å². The molecule has 5 aromatic rings. The van der Waals surface area contributed by atoms with E-state index in [0.717, 1.165) is 44.3 Å². The normalized spacial score (nSPS) is 17.0. The molecule has 7 rings (SSSR count). The lowest BCUT2D eigenvalue weighted by Gasteiger charge is -2.18. The summed E-state index contributed by atoms with van der Waals surface area (Å²) < 4.78 is 22.5. The summed E-state index contributed by atoms with van der Waals surface area (Å²) in [6.45, 7) is 2.71. The standard InChI is InChI=1S/C40H35Cl2N2O7P/c1-24-17-25(12-15-37(45)44-23-28(21-42)40-32-10-6-4-8-30(32)36(19-34(40)44)51-52(47,48)49)11-13-26(24)14-16-38(46)43-22-27(20-41)39-31-9-5-3-7-29(31)35(50-2)18-33(39)43/h3-19,27-28H,20-23H2,1-2H3,(H2,47,48,49)/b15-12+,16-14+/t27-,28-/m1/s1. The number of fused-ring (bicyclic) bond motifs is 6. The van der Waals surface area contributed by atoms with E-state index in [-0.39, 0.29) is 35.3 Å². The van der Waals surface area contributed by atoms with Gasteiger partial charge in [-0.05, 0) is 57.7 Å². The van der Waals surface area contributed by atoms with Crippen LogP contribution in [-0.2, 0) is 14.2 Å². The number of phosphoric acid groups is 1. The molecular formula is C40H35Cl2N2O7P. The van der Waals surface area contributed by atoms with E-state index in [2.05, 4.69) is 0 Å². The lowest BCUT2D eigenvalue weighted by Crippen LogP contribution is -2.28. The maximum Gasteiger partial charge on any atom is 0.524 e. The van der Waals surface area contributed by atoms with Crippen LogP contribution in [0.15, 0.2) is 91.0 Å². The smallest absolute Gasteiger partial charge is 0.496 e. The molecular weight excluding hydrogens is 722 g/mol. The number of alkyl halides is 2. The molecule has 52 heavy (non-hydrogen) atoms. The highest BCUT2D eigenvalue weighted by molar-refractivity contribution is 7.46. The topological polar surface area (TPSA) is 117 Å². The molecule has 9 nitrogen and oxygen atoms in total. The van der Waals surface area contributed by atoms with Crippen LogP contribution in [0.4, 0.5) is 11.4 Å². The molecule has 5 aromatic carbocycles. The van der Waals surface area contributed by atoms with Crippen LogP contribution in [0.25, 0.3) is 33.7 Å². The van der Waals surface area contributed by atoms with Crippen LogP contribution in [0.2, 0.25) is 0 Å². The number of nitrogens with zero attached hydrogens (tertiary/aromatic N) is 2. The summed E-state index contributed by atoms with van der Waals surface area (Å²) in [5, 5.41) is 3.25. The third-order valence-corrected chi connectivity index (χ3v) is 10.9. The van der Waals surface area contributed by atoms with Crippen molar-refractivity contribution in [2.45, 2.75) is 18.8 Å². The van der Waals surface area contributed by atoms with Gasteiger partial charge < -0.3 is 19.1 Å². The minimum absolute atomic E-state index is 0.00959. The van der Waals surface area contributed by atoms with Crippen molar-refractivity contribution < 1.29 is 33.2 Å². The lowest BCUT2D eigenvalue weighted by atomic mass is 9.95. The summed E-state index contributed by atoms with van der Waals surface area (Å²) in [6, 6.07) is 24.2. The summed E-state index contributed by atoms with van der Waals surface area (Å²) >= 11 is 12.8. The second-order valence-corrected chi connectivity index (χ2v) is 14.7. The number of hydrogen-bond donors (Lipinski definition) is 2.